The van der Waals surface area contributed by atoms with Crippen LogP contribution in [0.2, 0.25) is 0 Å². The number of aromatic nitrogens is 2. The van der Waals surface area contributed by atoms with E-state index in [0.717, 1.165) is 11.4 Å². The number of hydrogen-bond donors (Lipinski definition) is 1. The number of carbonyl (C=O) groups is 1. The van der Waals surface area contributed by atoms with Gasteiger partial charge in [-0.15, -0.1) is 0 Å². The zero-order valence-corrected chi connectivity index (χ0v) is 11.3. The molecule has 100 valence electrons. The minimum Gasteiger partial charge on any atom is -0.487 e. The number of benzene rings is 1. The van der Waals surface area contributed by atoms with Crippen molar-refractivity contribution in [3.8, 4) is 5.75 Å². The third-order valence-corrected chi connectivity index (χ3v) is 2.86. The predicted octanol–water partition coefficient (Wildman–Crippen LogP) is 2.09. The van der Waals surface area contributed by atoms with Gasteiger partial charge in [0.15, 0.2) is 5.78 Å². The van der Waals surface area contributed by atoms with Gasteiger partial charge in [-0.1, -0.05) is 0 Å². The molecule has 0 aliphatic rings. The van der Waals surface area contributed by atoms with Crippen LogP contribution in [0.1, 0.15) is 28.7 Å². The quantitative estimate of drug-likeness (QED) is 0.674. The summed E-state index contributed by atoms with van der Waals surface area (Å²) in [6.07, 6.45) is 0. The minimum absolute atomic E-state index is 0.0662. The van der Waals surface area contributed by atoms with Crippen LogP contribution in [0.4, 0.5) is 5.69 Å². The molecule has 5 nitrogen and oxygen atoms in total. The Morgan fingerprint density at radius 2 is 2.16 bits per heavy atom. The van der Waals surface area contributed by atoms with Crippen LogP contribution in [-0.4, -0.2) is 15.6 Å². The second kappa shape index (κ2) is 5.14. The molecule has 1 aromatic heterocycles. The molecule has 0 amide bonds. The first kappa shape index (κ1) is 13.1. The number of ketones is 1. The van der Waals surface area contributed by atoms with E-state index in [9.17, 15) is 4.79 Å². The lowest BCUT2D eigenvalue weighted by Gasteiger charge is -2.10. The van der Waals surface area contributed by atoms with Crippen LogP contribution >= 0.6 is 0 Å². The van der Waals surface area contributed by atoms with Crippen LogP contribution in [0.15, 0.2) is 24.3 Å². The van der Waals surface area contributed by atoms with Gasteiger partial charge in [0.25, 0.3) is 0 Å². The number of Topliss-reactive ketones (excluding diaryl/α,β-unsaturated/α-hetero) is 1. The van der Waals surface area contributed by atoms with Crippen molar-refractivity contribution in [3.63, 3.8) is 0 Å². The average molecular weight is 259 g/mol. The maximum absolute atomic E-state index is 11.5. The molecule has 2 aromatic rings. The third kappa shape index (κ3) is 2.93. The minimum atomic E-state index is -0.0662. The molecule has 0 spiro atoms. The third-order valence-electron chi connectivity index (χ3n) is 2.86. The number of hydrogen-bond acceptors (Lipinski definition) is 4. The SMILES string of the molecule is CC(=O)c1cc(N)ccc1OCc1cc(C)nn1C. The highest BCUT2D eigenvalue weighted by Crippen LogP contribution is 2.23. The second-order valence-corrected chi connectivity index (χ2v) is 4.50. The van der Waals surface area contributed by atoms with E-state index >= 15 is 0 Å². The van der Waals surface area contributed by atoms with Gasteiger partial charge in [-0.2, -0.15) is 5.10 Å². The van der Waals surface area contributed by atoms with Crippen LogP contribution in [0.25, 0.3) is 0 Å². The van der Waals surface area contributed by atoms with Gasteiger partial charge in [0.1, 0.15) is 12.4 Å². The molecule has 0 bridgehead atoms. The maximum Gasteiger partial charge on any atom is 0.163 e. The Morgan fingerprint density at radius 1 is 1.42 bits per heavy atom. The Labute approximate surface area is 112 Å². The number of aryl methyl sites for hydroxylation is 2. The Kier molecular flexibility index (Phi) is 3.55. The summed E-state index contributed by atoms with van der Waals surface area (Å²) in [7, 11) is 1.86. The number of nitrogen functional groups attached to an aromatic ring is 1. The van der Waals surface area contributed by atoms with Gasteiger partial charge < -0.3 is 10.5 Å². The smallest absolute Gasteiger partial charge is 0.163 e. The molecule has 0 radical (unpaired) electrons. The summed E-state index contributed by atoms with van der Waals surface area (Å²) in [5.41, 5.74) is 8.61. The Morgan fingerprint density at radius 3 is 2.74 bits per heavy atom. The van der Waals surface area contributed by atoms with Gasteiger partial charge >= 0.3 is 0 Å². The normalized spacial score (nSPS) is 10.5. The van der Waals surface area contributed by atoms with Gasteiger partial charge in [0.2, 0.25) is 0 Å². The summed E-state index contributed by atoms with van der Waals surface area (Å²) in [5, 5.41) is 4.24. The molecule has 2 rings (SSSR count). The first-order chi connectivity index (χ1) is 8.97. The summed E-state index contributed by atoms with van der Waals surface area (Å²) in [5.74, 6) is 0.476. The van der Waals surface area contributed by atoms with Gasteiger partial charge in [-0.25, -0.2) is 0 Å². The van der Waals surface area contributed by atoms with Crippen molar-refractivity contribution < 1.29 is 9.53 Å². The lowest BCUT2D eigenvalue weighted by atomic mass is 10.1. The highest BCUT2D eigenvalue weighted by atomic mass is 16.5. The lowest BCUT2D eigenvalue weighted by molar-refractivity contribution is 0.101. The predicted molar refractivity (Wildman–Crippen MR) is 73.1 cm³/mol. The maximum atomic E-state index is 11.5. The molecule has 0 atom stereocenters. The van der Waals surface area contributed by atoms with E-state index in [1.807, 2.05) is 20.0 Å². The van der Waals surface area contributed by atoms with Crippen molar-refractivity contribution in [2.45, 2.75) is 20.5 Å². The van der Waals surface area contributed by atoms with E-state index < -0.39 is 0 Å². The van der Waals surface area contributed by atoms with Crippen molar-refractivity contribution in [2.24, 2.45) is 7.05 Å². The topological polar surface area (TPSA) is 70.1 Å². The number of nitrogens with two attached hydrogens (primary N) is 1. The van der Waals surface area contributed by atoms with E-state index in [0.29, 0.717) is 23.6 Å². The zero-order chi connectivity index (χ0) is 14.0. The van der Waals surface area contributed by atoms with Gasteiger partial charge in [-0.3, -0.25) is 9.48 Å². The van der Waals surface area contributed by atoms with Crippen molar-refractivity contribution >= 4 is 11.5 Å². The first-order valence-electron chi connectivity index (χ1n) is 6.00. The highest BCUT2D eigenvalue weighted by molar-refractivity contribution is 5.97. The molecule has 0 saturated carbocycles. The highest BCUT2D eigenvalue weighted by Gasteiger charge is 2.10. The van der Waals surface area contributed by atoms with Crippen LogP contribution in [0, 0.1) is 6.92 Å². The zero-order valence-electron chi connectivity index (χ0n) is 11.3. The molecule has 19 heavy (non-hydrogen) atoms. The van der Waals surface area contributed by atoms with Crippen LogP contribution in [0.5, 0.6) is 5.75 Å². The molecule has 1 aromatic carbocycles. The molecule has 2 N–H and O–H groups in total. The monoisotopic (exact) mass is 259 g/mol. The van der Waals surface area contributed by atoms with E-state index in [1.54, 1.807) is 22.9 Å². The number of nitrogens with zero attached hydrogens (tertiary/aromatic N) is 2. The van der Waals surface area contributed by atoms with Crippen LogP contribution < -0.4 is 10.5 Å². The van der Waals surface area contributed by atoms with Crippen molar-refractivity contribution in [2.75, 3.05) is 5.73 Å². The fourth-order valence-corrected chi connectivity index (χ4v) is 1.90. The van der Waals surface area contributed by atoms with E-state index in [-0.39, 0.29) is 5.78 Å². The molecule has 0 unspecified atom stereocenters. The van der Waals surface area contributed by atoms with Crippen molar-refractivity contribution in [1.29, 1.82) is 0 Å². The van der Waals surface area contributed by atoms with Gasteiger partial charge in [0, 0.05) is 12.7 Å². The summed E-state index contributed by atoms with van der Waals surface area (Å²) in [6.45, 7) is 3.78. The molecule has 0 fully saturated rings. The lowest BCUT2D eigenvalue weighted by Crippen LogP contribution is -2.06. The van der Waals surface area contributed by atoms with E-state index in [1.165, 1.54) is 6.92 Å². The fraction of sp³-hybridized carbons (Fsp3) is 0.286. The average Bonchev–Trinajstić information content (AvgIpc) is 2.66. The molecular formula is C14H17N3O2. The summed E-state index contributed by atoms with van der Waals surface area (Å²) in [6, 6.07) is 7.02. The van der Waals surface area contributed by atoms with Gasteiger partial charge in [-0.05, 0) is 38.1 Å². The Bertz CT molecular complexity index is 617. The molecular weight excluding hydrogens is 242 g/mol. The number of carbonyl (C=O) groups excluding carboxylic acids is 1. The summed E-state index contributed by atoms with van der Waals surface area (Å²) < 4.78 is 7.46. The van der Waals surface area contributed by atoms with E-state index in [2.05, 4.69) is 5.10 Å². The summed E-state index contributed by atoms with van der Waals surface area (Å²) in [4.78, 5) is 11.5. The largest absolute Gasteiger partial charge is 0.487 e. The number of ether oxygens (including phenoxy) is 1. The first-order valence-corrected chi connectivity index (χ1v) is 6.00. The molecule has 0 saturated heterocycles. The summed E-state index contributed by atoms with van der Waals surface area (Å²) >= 11 is 0. The fourth-order valence-electron chi connectivity index (χ4n) is 1.90. The second-order valence-electron chi connectivity index (χ2n) is 4.50. The molecule has 0 aliphatic heterocycles. The van der Waals surface area contributed by atoms with E-state index in [4.69, 9.17) is 10.5 Å². The Hall–Kier alpha value is -2.30. The van der Waals surface area contributed by atoms with Crippen LogP contribution in [-0.2, 0) is 13.7 Å². The van der Waals surface area contributed by atoms with Crippen molar-refractivity contribution in [3.05, 3.63) is 41.2 Å². The molecule has 1 heterocycles. The van der Waals surface area contributed by atoms with Crippen LogP contribution in [0.3, 0.4) is 0 Å². The number of rotatable bonds is 4. The number of anilines is 1. The van der Waals surface area contributed by atoms with Crippen molar-refractivity contribution in [1.82, 2.24) is 9.78 Å². The molecule has 5 heteroatoms. The van der Waals surface area contributed by atoms with Gasteiger partial charge in [0.05, 0.1) is 17.0 Å². The molecule has 0 aliphatic carbocycles. The Balaban J connectivity index is 2.20. The standard InChI is InChI=1S/C14H17N3O2/c1-9-6-12(17(3)16-9)8-19-14-5-4-11(15)7-13(14)10(2)18/h4-7H,8,15H2,1-3H3.